The van der Waals surface area contributed by atoms with Gasteiger partial charge in [0.25, 0.3) is 0 Å². The van der Waals surface area contributed by atoms with Gasteiger partial charge in [0.1, 0.15) is 17.2 Å². The van der Waals surface area contributed by atoms with Crippen LogP contribution in [-0.4, -0.2) is 13.0 Å². The van der Waals surface area contributed by atoms with Crippen LogP contribution in [0.25, 0.3) is 11.1 Å². The first kappa shape index (κ1) is 26.2. The van der Waals surface area contributed by atoms with Gasteiger partial charge in [0.05, 0.1) is 19.8 Å². The molecule has 1 aromatic heterocycles. The summed E-state index contributed by atoms with van der Waals surface area (Å²) in [5.41, 5.74) is 4.74. The van der Waals surface area contributed by atoms with Crippen LogP contribution in [0.15, 0.2) is 110 Å². The zero-order chi connectivity index (χ0) is 24.7. The molecule has 0 fully saturated rings. The lowest BCUT2D eigenvalue weighted by molar-refractivity contribution is -0.673. The van der Waals surface area contributed by atoms with Gasteiger partial charge in [-0.1, -0.05) is 78.8 Å². The molecule has 0 atom stereocenters. The van der Waals surface area contributed by atoms with Crippen LogP contribution in [-0.2, 0) is 23.6 Å². The number of hydrogen-bond donors (Lipinski definition) is 0. The Morgan fingerprint density at radius 1 is 0.941 bits per heavy atom. The summed E-state index contributed by atoms with van der Waals surface area (Å²) in [5.74, 6) is 0. The van der Waals surface area contributed by atoms with E-state index in [0.717, 1.165) is 16.5 Å². The summed E-state index contributed by atoms with van der Waals surface area (Å²) >= 11 is 5.57. The Morgan fingerprint density at radius 2 is 1.62 bits per heavy atom. The molecule has 0 aliphatic heterocycles. The molecule has 3 aromatic carbocycles. The highest BCUT2D eigenvalue weighted by molar-refractivity contribution is 9.10. The molecule has 34 heavy (non-hydrogen) atoms. The number of aromatic nitrogens is 1. The lowest BCUT2D eigenvalue weighted by Crippen LogP contribution is -2.27. The predicted molar refractivity (Wildman–Crippen MR) is 140 cm³/mol. The smallest absolute Gasteiger partial charge is 0.183 e. The Kier molecular flexibility index (Phi) is 9.08. The van der Waals surface area contributed by atoms with Gasteiger partial charge < -0.3 is 4.55 Å². The Hall–Kier alpha value is -2.45. The molecule has 0 amide bonds. The first-order chi connectivity index (χ1) is 16.2. The number of benzene rings is 3. The number of pyridine rings is 1. The summed E-state index contributed by atoms with van der Waals surface area (Å²) in [5, 5.41) is 0. The molecule has 4 nitrogen and oxygen atoms in total. The maximum atomic E-state index is 10.5. The van der Waals surface area contributed by atoms with Crippen LogP contribution < -0.4 is 4.57 Å². The largest absolute Gasteiger partial charge is 0.744 e. The monoisotopic (exact) mass is 555 g/mol. The third-order valence-electron chi connectivity index (χ3n) is 5.03. The normalized spacial score (nSPS) is 11.0. The van der Waals surface area contributed by atoms with Crippen molar-refractivity contribution < 1.29 is 17.5 Å². The SMILES string of the molecule is CCc1ccc(S(=O)(=O)[O-])cc1.Cc1cccc(-c2c[n+](C)cc(Sc3ccccc3)c2Br)c1. The molecule has 7 heteroatoms. The van der Waals surface area contributed by atoms with E-state index in [1.807, 2.05) is 13.0 Å². The van der Waals surface area contributed by atoms with Crippen molar-refractivity contribution in [2.24, 2.45) is 7.05 Å². The molecule has 0 N–H and O–H groups in total. The van der Waals surface area contributed by atoms with Crippen molar-refractivity contribution in [2.45, 2.75) is 35.0 Å². The summed E-state index contributed by atoms with van der Waals surface area (Å²) in [6, 6.07) is 25.0. The van der Waals surface area contributed by atoms with Gasteiger partial charge in [-0.3, -0.25) is 0 Å². The maximum absolute atomic E-state index is 10.5. The van der Waals surface area contributed by atoms with Crippen LogP contribution in [0.5, 0.6) is 0 Å². The lowest BCUT2D eigenvalue weighted by atomic mass is 10.1. The minimum Gasteiger partial charge on any atom is -0.744 e. The topological polar surface area (TPSA) is 61.1 Å². The Labute approximate surface area is 214 Å². The van der Waals surface area contributed by atoms with E-state index >= 15 is 0 Å². The van der Waals surface area contributed by atoms with E-state index < -0.39 is 10.1 Å². The van der Waals surface area contributed by atoms with E-state index in [1.54, 1.807) is 23.9 Å². The van der Waals surface area contributed by atoms with Crippen molar-refractivity contribution in [1.29, 1.82) is 0 Å². The average molecular weight is 557 g/mol. The Balaban J connectivity index is 0.000000229. The van der Waals surface area contributed by atoms with Gasteiger partial charge in [0, 0.05) is 4.90 Å². The molecule has 0 radical (unpaired) electrons. The molecule has 4 aromatic rings. The number of rotatable bonds is 5. The fourth-order valence-electron chi connectivity index (χ4n) is 3.26. The van der Waals surface area contributed by atoms with Crippen molar-refractivity contribution >= 4 is 37.8 Å². The molecular weight excluding hydrogens is 530 g/mol. The zero-order valence-electron chi connectivity index (χ0n) is 19.2. The molecule has 0 spiro atoms. The van der Waals surface area contributed by atoms with Crippen molar-refractivity contribution in [2.75, 3.05) is 0 Å². The van der Waals surface area contributed by atoms with E-state index in [-0.39, 0.29) is 4.90 Å². The van der Waals surface area contributed by atoms with E-state index in [0.29, 0.717) is 0 Å². The minimum atomic E-state index is -4.28. The summed E-state index contributed by atoms with van der Waals surface area (Å²) in [4.78, 5) is 2.29. The van der Waals surface area contributed by atoms with Gasteiger partial charge in [-0.25, -0.2) is 13.0 Å². The maximum Gasteiger partial charge on any atom is 0.183 e. The van der Waals surface area contributed by atoms with Crippen LogP contribution in [0.4, 0.5) is 0 Å². The first-order valence-electron chi connectivity index (χ1n) is 10.7. The first-order valence-corrected chi connectivity index (χ1v) is 13.7. The number of halogens is 1. The molecule has 0 saturated heterocycles. The molecule has 0 bridgehead atoms. The zero-order valence-corrected chi connectivity index (χ0v) is 22.5. The number of aryl methyl sites for hydroxylation is 3. The van der Waals surface area contributed by atoms with Crippen molar-refractivity contribution in [3.63, 3.8) is 0 Å². The molecule has 0 aliphatic carbocycles. The van der Waals surface area contributed by atoms with Crippen molar-refractivity contribution in [3.8, 4) is 11.1 Å². The van der Waals surface area contributed by atoms with Gasteiger partial charge in [-0.2, -0.15) is 0 Å². The van der Waals surface area contributed by atoms with E-state index in [4.69, 9.17) is 0 Å². The van der Waals surface area contributed by atoms with E-state index in [1.165, 1.54) is 38.6 Å². The van der Waals surface area contributed by atoms with Crippen molar-refractivity contribution in [3.05, 3.63) is 107 Å². The highest BCUT2D eigenvalue weighted by Crippen LogP contribution is 2.38. The van der Waals surface area contributed by atoms with E-state index in [9.17, 15) is 13.0 Å². The van der Waals surface area contributed by atoms with Crippen LogP contribution in [0.3, 0.4) is 0 Å². The van der Waals surface area contributed by atoms with Crippen LogP contribution in [0, 0.1) is 6.92 Å². The van der Waals surface area contributed by atoms with Crippen LogP contribution >= 0.6 is 27.7 Å². The second-order valence-electron chi connectivity index (χ2n) is 7.75. The fourth-order valence-corrected chi connectivity index (χ4v) is 5.38. The van der Waals surface area contributed by atoms with Gasteiger partial charge in [-0.15, -0.1) is 0 Å². The highest BCUT2D eigenvalue weighted by atomic mass is 79.9. The third kappa shape index (κ3) is 7.27. The second kappa shape index (κ2) is 11.8. The molecule has 0 unspecified atom stereocenters. The summed E-state index contributed by atoms with van der Waals surface area (Å²) < 4.78 is 34.7. The average Bonchev–Trinajstić information content (AvgIpc) is 2.82. The third-order valence-corrected chi connectivity index (χ3v) is 8.03. The van der Waals surface area contributed by atoms with Crippen LogP contribution in [0.1, 0.15) is 18.1 Å². The van der Waals surface area contributed by atoms with Gasteiger partial charge >= 0.3 is 0 Å². The molecule has 1 heterocycles. The standard InChI is InChI=1S/C19H17BrNS.C8H10O3S/c1-14-7-6-8-15(11-14)17-12-21(2)13-18(19(17)20)22-16-9-4-3-5-10-16;1-2-7-3-5-8(6-4-7)12(9,10)11/h3-13H,1-2H3;3-6H,2H2,1H3,(H,9,10,11)/q+1;/p-1. The summed E-state index contributed by atoms with van der Waals surface area (Å²) in [6.45, 7) is 4.08. The summed E-state index contributed by atoms with van der Waals surface area (Å²) in [6.07, 6.45) is 5.15. The molecular formula is C27H26BrNO3S2. The lowest BCUT2D eigenvalue weighted by Gasteiger charge is -2.09. The molecule has 176 valence electrons. The summed E-state index contributed by atoms with van der Waals surface area (Å²) in [7, 11) is -2.21. The van der Waals surface area contributed by atoms with Gasteiger partial charge in [-0.05, 0) is 64.7 Å². The van der Waals surface area contributed by atoms with Gasteiger partial charge in [0.2, 0.25) is 0 Å². The predicted octanol–water partition coefficient (Wildman–Crippen LogP) is 6.55. The molecule has 0 saturated carbocycles. The molecule has 0 aliphatic rings. The van der Waals surface area contributed by atoms with Crippen molar-refractivity contribution in [1.82, 2.24) is 0 Å². The number of nitrogens with zero attached hydrogens (tertiary/aromatic N) is 1. The molecule has 4 rings (SSSR count). The fraction of sp³-hybridized carbons (Fsp3) is 0.148. The van der Waals surface area contributed by atoms with Crippen LogP contribution in [0.2, 0.25) is 0 Å². The Bertz CT molecular complexity index is 1360. The second-order valence-corrected chi connectivity index (χ2v) is 11.0. The minimum absolute atomic E-state index is 0.167. The number of hydrogen-bond acceptors (Lipinski definition) is 4. The van der Waals surface area contributed by atoms with Gasteiger partial charge in [0.15, 0.2) is 12.4 Å². The van der Waals surface area contributed by atoms with E-state index in [2.05, 4.69) is 95.4 Å². The highest BCUT2D eigenvalue weighted by Gasteiger charge is 2.15. The Morgan fingerprint density at radius 3 is 2.21 bits per heavy atom. The quantitative estimate of drug-likeness (QED) is 0.207.